The molecule has 1 rings (SSSR count). The minimum absolute atomic E-state index is 0.0169. The summed E-state index contributed by atoms with van der Waals surface area (Å²) < 4.78 is 21.8. The van der Waals surface area contributed by atoms with Crippen LogP contribution in [0.15, 0.2) is 0 Å². The van der Waals surface area contributed by atoms with E-state index in [2.05, 4.69) is 0 Å². The van der Waals surface area contributed by atoms with Crippen LogP contribution in [0.1, 0.15) is 20.8 Å². The molecule has 0 saturated carbocycles. The highest BCUT2D eigenvalue weighted by atomic mass is 31.2. The lowest BCUT2D eigenvalue weighted by molar-refractivity contribution is 0.0420. The molecule has 0 bridgehead atoms. The Morgan fingerprint density at radius 1 is 1.36 bits per heavy atom. The summed E-state index contributed by atoms with van der Waals surface area (Å²) >= 11 is 0. The Morgan fingerprint density at radius 3 is 2.18 bits per heavy atom. The summed E-state index contributed by atoms with van der Waals surface area (Å²) in [6.07, 6.45) is 0.475. The highest BCUT2D eigenvalue weighted by Gasteiger charge is 2.34. The van der Waals surface area contributed by atoms with E-state index in [9.17, 15) is 4.57 Å². The Labute approximate surface area is 67.6 Å². The van der Waals surface area contributed by atoms with E-state index >= 15 is 0 Å². The monoisotopic (exact) mass is 178 g/mol. The maximum atomic E-state index is 11.4. The van der Waals surface area contributed by atoms with Gasteiger partial charge in [-0.15, -0.1) is 0 Å². The molecule has 0 aromatic rings. The van der Waals surface area contributed by atoms with E-state index in [1.807, 2.05) is 20.8 Å². The largest absolute Gasteiger partial charge is 0.330 e. The van der Waals surface area contributed by atoms with E-state index < -0.39 is 7.60 Å². The van der Waals surface area contributed by atoms with E-state index in [1.165, 1.54) is 0 Å². The first-order chi connectivity index (χ1) is 4.97. The molecule has 0 atom stereocenters. The lowest BCUT2D eigenvalue weighted by Crippen LogP contribution is -2.29. The van der Waals surface area contributed by atoms with Crippen LogP contribution in [0.4, 0.5) is 0 Å². The van der Waals surface area contributed by atoms with Crippen molar-refractivity contribution >= 4 is 7.60 Å². The lowest BCUT2D eigenvalue weighted by atomic mass is 9.97. The average molecular weight is 178 g/mol. The maximum absolute atomic E-state index is 11.4. The predicted octanol–water partition coefficient (Wildman–Crippen LogP) is 2.27. The molecule has 0 aromatic carbocycles. The molecule has 1 fully saturated rings. The van der Waals surface area contributed by atoms with Gasteiger partial charge in [-0.3, -0.25) is 4.57 Å². The molecular weight excluding hydrogens is 163 g/mol. The second-order valence-electron chi connectivity index (χ2n) is 3.64. The summed E-state index contributed by atoms with van der Waals surface area (Å²) in [4.78, 5) is 0. The third kappa shape index (κ3) is 2.29. The molecule has 0 amide bonds. The van der Waals surface area contributed by atoms with Gasteiger partial charge in [-0.05, 0) is 0 Å². The summed E-state index contributed by atoms with van der Waals surface area (Å²) in [5.74, 6) is 0. The van der Waals surface area contributed by atoms with Gasteiger partial charge in [0.1, 0.15) is 0 Å². The molecular formula is C7H15O3P. The molecule has 1 heterocycles. The van der Waals surface area contributed by atoms with Gasteiger partial charge in [0.05, 0.1) is 13.2 Å². The summed E-state index contributed by atoms with van der Waals surface area (Å²) in [5, 5.41) is 0. The molecule has 0 N–H and O–H groups in total. The molecule has 1 saturated heterocycles. The Kier molecular flexibility index (Phi) is 2.43. The van der Waals surface area contributed by atoms with E-state index in [0.717, 1.165) is 0 Å². The molecule has 0 spiro atoms. The van der Waals surface area contributed by atoms with Crippen molar-refractivity contribution in [2.45, 2.75) is 20.8 Å². The fourth-order valence-corrected chi connectivity index (χ4v) is 2.34. The SMILES string of the molecule is CCP1(=O)OCC(C)(C)CO1. The fourth-order valence-electron chi connectivity index (χ4n) is 0.808. The first-order valence-corrected chi connectivity index (χ1v) is 5.58. The first kappa shape index (κ1) is 9.24. The normalized spacial score (nSPS) is 28.3. The van der Waals surface area contributed by atoms with Crippen LogP contribution >= 0.6 is 7.60 Å². The Hall–Kier alpha value is 0.150. The highest BCUT2D eigenvalue weighted by molar-refractivity contribution is 7.53. The zero-order valence-corrected chi connectivity index (χ0v) is 8.19. The summed E-state index contributed by atoms with van der Waals surface area (Å²) in [7, 11) is -2.67. The molecule has 1 aliphatic rings. The quantitative estimate of drug-likeness (QED) is 0.578. The third-order valence-corrected chi connectivity index (χ3v) is 3.51. The summed E-state index contributed by atoms with van der Waals surface area (Å²) in [6, 6.07) is 0. The van der Waals surface area contributed by atoms with Crippen molar-refractivity contribution in [3.8, 4) is 0 Å². The molecule has 0 aliphatic carbocycles. The molecule has 0 radical (unpaired) electrons. The molecule has 66 valence electrons. The average Bonchev–Trinajstić information content (AvgIpc) is 1.97. The molecule has 3 nitrogen and oxygen atoms in total. The molecule has 11 heavy (non-hydrogen) atoms. The predicted molar refractivity (Wildman–Crippen MR) is 43.8 cm³/mol. The number of rotatable bonds is 1. The van der Waals surface area contributed by atoms with Crippen LogP contribution in [-0.2, 0) is 13.6 Å². The van der Waals surface area contributed by atoms with Crippen molar-refractivity contribution in [2.75, 3.05) is 19.4 Å². The minimum Gasteiger partial charge on any atom is -0.308 e. The van der Waals surface area contributed by atoms with Gasteiger partial charge in [0.15, 0.2) is 0 Å². The van der Waals surface area contributed by atoms with Crippen LogP contribution in [0, 0.1) is 5.41 Å². The lowest BCUT2D eigenvalue weighted by Gasteiger charge is -2.33. The fraction of sp³-hybridized carbons (Fsp3) is 1.00. The van der Waals surface area contributed by atoms with Gasteiger partial charge in [-0.1, -0.05) is 20.8 Å². The van der Waals surface area contributed by atoms with Crippen LogP contribution in [0.3, 0.4) is 0 Å². The van der Waals surface area contributed by atoms with Crippen LogP contribution in [0.5, 0.6) is 0 Å². The number of hydrogen-bond acceptors (Lipinski definition) is 3. The second-order valence-corrected chi connectivity index (χ2v) is 6.01. The minimum atomic E-state index is -2.67. The van der Waals surface area contributed by atoms with E-state index in [1.54, 1.807) is 0 Å². The zero-order valence-electron chi connectivity index (χ0n) is 7.29. The first-order valence-electron chi connectivity index (χ1n) is 3.86. The molecule has 4 heteroatoms. The van der Waals surface area contributed by atoms with Gasteiger partial charge in [-0.25, -0.2) is 0 Å². The van der Waals surface area contributed by atoms with Gasteiger partial charge in [0, 0.05) is 11.6 Å². The molecule has 1 aliphatic heterocycles. The van der Waals surface area contributed by atoms with Crippen molar-refractivity contribution < 1.29 is 13.6 Å². The van der Waals surface area contributed by atoms with E-state index in [-0.39, 0.29) is 5.41 Å². The van der Waals surface area contributed by atoms with Crippen molar-refractivity contribution in [1.82, 2.24) is 0 Å². The topological polar surface area (TPSA) is 35.5 Å². The highest BCUT2D eigenvalue weighted by Crippen LogP contribution is 2.52. The second kappa shape index (κ2) is 2.89. The van der Waals surface area contributed by atoms with Crippen molar-refractivity contribution in [1.29, 1.82) is 0 Å². The maximum Gasteiger partial charge on any atom is 0.330 e. The van der Waals surface area contributed by atoms with Gasteiger partial charge in [-0.2, -0.15) is 0 Å². The van der Waals surface area contributed by atoms with Crippen molar-refractivity contribution in [3.63, 3.8) is 0 Å². The Bertz CT molecular complexity index is 174. The molecule has 0 unspecified atom stereocenters. The van der Waals surface area contributed by atoms with Gasteiger partial charge >= 0.3 is 7.60 Å². The van der Waals surface area contributed by atoms with Crippen LogP contribution in [0.25, 0.3) is 0 Å². The van der Waals surface area contributed by atoms with E-state index in [0.29, 0.717) is 19.4 Å². The summed E-state index contributed by atoms with van der Waals surface area (Å²) in [6.45, 7) is 6.97. The van der Waals surface area contributed by atoms with Crippen LogP contribution in [-0.4, -0.2) is 19.4 Å². The summed E-state index contributed by atoms with van der Waals surface area (Å²) in [5.41, 5.74) is 0.0169. The third-order valence-electron chi connectivity index (χ3n) is 1.69. The Balaban J connectivity index is 2.55. The van der Waals surface area contributed by atoms with Gasteiger partial charge in [0.2, 0.25) is 0 Å². The smallest absolute Gasteiger partial charge is 0.308 e. The van der Waals surface area contributed by atoms with Gasteiger partial charge < -0.3 is 9.05 Å². The number of hydrogen-bond donors (Lipinski definition) is 0. The van der Waals surface area contributed by atoms with Crippen LogP contribution < -0.4 is 0 Å². The van der Waals surface area contributed by atoms with Gasteiger partial charge in [0.25, 0.3) is 0 Å². The van der Waals surface area contributed by atoms with E-state index in [4.69, 9.17) is 9.05 Å². The van der Waals surface area contributed by atoms with Crippen molar-refractivity contribution in [2.24, 2.45) is 5.41 Å². The molecule has 0 aromatic heterocycles. The van der Waals surface area contributed by atoms with Crippen molar-refractivity contribution in [3.05, 3.63) is 0 Å². The van der Waals surface area contributed by atoms with Crippen LogP contribution in [0.2, 0.25) is 0 Å². The standard InChI is InChI=1S/C7H15O3P/c1-4-11(8)9-5-7(2,3)6-10-11/h4-6H2,1-3H3. The Morgan fingerprint density at radius 2 is 1.82 bits per heavy atom. The zero-order chi connectivity index (χ0) is 8.54.